The van der Waals surface area contributed by atoms with Crippen LogP contribution in [0.4, 0.5) is 11.5 Å². The van der Waals surface area contributed by atoms with E-state index in [0.29, 0.717) is 0 Å². The minimum absolute atomic E-state index is 0.0126. The van der Waals surface area contributed by atoms with Crippen LogP contribution in [0.2, 0.25) is 0 Å². The Labute approximate surface area is 109 Å². The minimum Gasteiger partial charge on any atom is -0.384 e. The predicted molar refractivity (Wildman–Crippen MR) is 69.8 cm³/mol. The molecule has 2 rings (SSSR count). The summed E-state index contributed by atoms with van der Waals surface area (Å²) in [5, 5.41) is 10.9. The lowest BCUT2D eigenvalue weighted by molar-refractivity contribution is -0.385. The second kappa shape index (κ2) is 5.26. The minimum atomic E-state index is -0.634. The summed E-state index contributed by atoms with van der Waals surface area (Å²) in [4.78, 5) is 26.0. The van der Waals surface area contributed by atoms with Crippen LogP contribution in [-0.4, -0.2) is 15.7 Å². The Morgan fingerprint density at radius 2 is 2.00 bits per heavy atom. The zero-order valence-electron chi connectivity index (χ0n) is 9.95. The fraction of sp³-hybridized carbons (Fsp3) is 0.0769. The van der Waals surface area contributed by atoms with E-state index in [2.05, 4.69) is 4.98 Å². The molecule has 96 valence electrons. The molecule has 0 aliphatic carbocycles. The lowest BCUT2D eigenvalue weighted by Crippen LogP contribution is -2.08. The molecular formula is C13H11N3O3. The number of nitrogens with zero attached hydrogens (tertiary/aromatic N) is 2. The average Bonchev–Trinajstić information content (AvgIpc) is 2.39. The van der Waals surface area contributed by atoms with Crippen LogP contribution in [0.3, 0.4) is 0 Å². The highest BCUT2D eigenvalue weighted by molar-refractivity contribution is 6.01. The largest absolute Gasteiger partial charge is 0.384 e. The highest BCUT2D eigenvalue weighted by atomic mass is 16.6. The van der Waals surface area contributed by atoms with Crippen LogP contribution in [0.25, 0.3) is 0 Å². The topological polar surface area (TPSA) is 99.1 Å². The van der Waals surface area contributed by atoms with Crippen molar-refractivity contribution >= 4 is 17.3 Å². The van der Waals surface area contributed by atoms with Crippen molar-refractivity contribution in [3.05, 3.63) is 63.8 Å². The predicted octanol–water partition coefficient (Wildman–Crippen LogP) is 2.00. The van der Waals surface area contributed by atoms with Crippen LogP contribution in [0.5, 0.6) is 0 Å². The molecule has 0 saturated heterocycles. The fourth-order valence-electron chi connectivity index (χ4n) is 1.71. The van der Waals surface area contributed by atoms with Gasteiger partial charge in [0.05, 0.1) is 4.92 Å². The zero-order chi connectivity index (χ0) is 13.8. The molecule has 0 amide bonds. The monoisotopic (exact) mass is 257 g/mol. The second-order valence-corrected chi connectivity index (χ2v) is 3.97. The molecule has 0 aliphatic rings. The highest BCUT2D eigenvalue weighted by Crippen LogP contribution is 2.21. The summed E-state index contributed by atoms with van der Waals surface area (Å²) in [5.74, 6) is -0.269. The summed E-state index contributed by atoms with van der Waals surface area (Å²) in [6.45, 7) is 0. The molecular weight excluding hydrogens is 246 g/mol. The number of Topliss-reactive ketones (excluding diaryl/α,β-unsaturated/α-hetero) is 1. The number of rotatable bonds is 4. The second-order valence-electron chi connectivity index (χ2n) is 3.97. The van der Waals surface area contributed by atoms with Gasteiger partial charge in [-0.1, -0.05) is 30.3 Å². The maximum absolute atomic E-state index is 12.1. The van der Waals surface area contributed by atoms with E-state index in [-0.39, 0.29) is 29.3 Å². The number of pyridine rings is 1. The molecule has 1 aromatic heterocycles. The first-order valence-corrected chi connectivity index (χ1v) is 5.55. The summed E-state index contributed by atoms with van der Waals surface area (Å²) < 4.78 is 0. The molecule has 0 radical (unpaired) electrons. The van der Waals surface area contributed by atoms with Gasteiger partial charge in [-0.2, -0.15) is 0 Å². The summed E-state index contributed by atoms with van der Waals surface area (Å²) >= 11 is 0. The van der Waals surface area contributed by atoms with Crippen molar-refractivity contribution in [2.45, 2.75) is 6.42 Å². The zero-order valence-corrected chi connectivity index (χ0v) is 9.95. The molecule has 2 N–H and O–H groups in total. The van der Waals surface area contributed by atoms with Crippen molar-refractivity contribution in [3.8, 4) is 0 Å². The molecule has 0 unspecified atom stereocenters. The van der Waals surface area contributed by atoms with Crippen molar-refractivity contribution in [1.82, 2.24) is 4.98 Å². The first-order valence-electron chi connectivity index (χ1n) is 5.55. The van der Waals surface area contributed by atoms with Gasteiger partial charge in [-0.3, -0.25) is 14.9 Å². The van der Waals surface area contributed by atoms with E-state index in [4.69, 9.17) is 5.73 Å². The number of carbonyl (C=O) groups is 1. The van der Waals surface area contributed by atoms with Crippen molar-refractivity contribution in [1.29, 1.82) is 0 Å². The molecule has 2 aromatic rings. The molecule has 1 heterocycles. The van der Waals surface area contributed by atoms with E-state index in [1.54, 1.807) is 24.3 Å². The number of aromatic nitrogens is 1. The number of ketones is 1. The lowest BCUT2D eigenvalue weighted by atomic mass is 10.0. The van der Waals surface area contributed by atoms with Gasteiger partial charge in [0.2, 0.25) is 0 Å². The Hall–Kier alpha value is -2.76. The first kappa shape index (κ1) is 12.7. The summed E-state index contributed by atoms with van der Waals surface area (Å²) in [5.41, 5.74) is 5.93. The van der Waals surface area contributed by atoms with Gasteiger partial charge in [-0.15, -0.1) is 0 Å². The third-order valence-corrected chi connectivity index (χ3v) is 2.61. The van der Waals surface area contributed by atoms with E-state index in [1.165, 1.54) is 6.07 Å². The SMILES string of the molecule is Nc1cc(C(=O)Cc2ccccc2)c([N+](=O)[O-])cn1. The number of hydrogen-bond acceptors (Lipinski definition) is 5. The van der Waals surface area contributed by atoms with Gasteiger partial charge in [-0.05, 0) is 11.6 Å². The number of nitrogens with two attached hydrogens (primary N) is 1. The maximum atomic E-state index is 12.1. The molecule has 19 heavy (non-hydrogen) atoms. The standard InChI is InChI=1S/C13H11N3O3/c14-13-7-10(11(8-15-13)16(18)19)12(17)6-9-4-2-1-3-5-9/h1-5,7-8H,6H2,(H2,14,15). The smallest absolute Gasteiger partial charge is 0.298 e. The Bertz CT molecular complexity index is 626. The molecule has 0 saturated carbocycles. The van der Waals surface area contributed by atoms with Gasteiger partial charge in [-0.25, -0.2) is 4.98 Å². The Morgan fingerprint density at radius 3 is 2.63 bits per heavy atom. The van der Waals surface area contributed by atoms with Crippen LogP contribution in [0.1, 0.15) is 15.9 Å². The fourth-order valence-corrected chi connectivity index (χ4v) is 1.71. The first-order chi connectivity index (χ1) is 9.08. The summed E-state index contributed by atoms with van der Waals surface area (Å²) in [7, 11) is 0. The van der Waals surface area contributed by atoms with E-state index in [0.717, 1.165) is 11.8 Å². The number of nitrogen functional groups attached to an aromatic ring is 1. The number of anilines is 1. The molecule has 0 bridgehead atoms. The van der Waals surface area contributed by atoms with Gasteiger partial charge in [0, 0.05) is 6.42 Å². The lowest BCUT2D eigenvalue weighted by Gasteiger charge is -2.03. The molecule has 0 fully saturated rings. The third kappa shape index (κ3) is 2.92. The average molecular weight is 257 g/mol. The van der Waals surface area contributed by atoms with Crippen LogP contribution in [0, 0.1) is 10.1 Å². The molecule has 0 atom stereocenters. The van der Waals surface area contributed by atoms with Gasteiger partial charge < -0.3 is 5.73 Å². The number of benzene rings is 1. The van der Waals surface area contributed by atoms with E-state index < -0.39 is 4.92 Å². The van der Waals surface area contributed by atoms with Gasteiger partial charge >= 0.3 is 0 Å². The molecule has 0 spiro atoms. The Balaban J connectivity index is 2.33. The maximum Gasteiger partial charge on any atom is 0.298 e. The van der Waals surface area contributed by atoms with E-state index >= 15 is 0 Å². The highest BCUT2D eigenvalue weighted by Gasteiger charge is 2.21. The van der Waals surface area contributed by atoms with Crippen molar-refractivity contribution in [3.63, 3.8) is 0 Å². The van der Waals surface area contributed by atoms with Gasteiger partial charge in [0.1, 0.15) is 17.6 Å². The molecule has 6 heteroatoms. The van der Waals surface area contributed by atoms with Crippen molar-refractivity contribution in [2.75, 3.05) is 5.73 Å². The van der Waals surface area contributed by atoms with Crippen LogP contribution in [0.15, 0.2) is 42.6 Å². The van der Waals surface area contributed by atoms with Crippen LogP contribution < -0.4 is 5.73 Å². The van der Waals surface area contributed by atoms with Crippen molar-refractivity contribution < 1.29 is 9.72 Å². The Kier molecular flexibility index (Phi) is 3.51. The number of hydrogen-bond donors (Lipinski definition) is 1. The van der Waals surface area contributed by atoms with E-state index in [1.807, 2.05) is 6.07 Å². The van der Waals surface area contributed by atoms with Crippen LogP contribution >= 0.6 is 0 Å². The normalized spacial score (nSPS) is 10.1. The molecule has 6 nitrogen and oxygen atoms in total. The number of nitro groups is 1. The molecule has 0 aliphatic heterocycles. The quantitative estimate of drug-likeness (QED) is 0.513. The summed E-state index contributed by atoms with van der Waals surface area (Å²) in [6, 6.07) is 10.3. The van der Waals surface area contributed by atoms with Gasteiger partial charge in [0.25, 0.3) is 5.69 Å². The Morgan fingerprint density at radius 1 is 1.32 bits per heavy atom. The van der Waals surface area contributed by atoms with E-state index in [9.17, 15) is 14.9 Å². The third-order valence-electron chi connectivity index (χ3n) is 2.61. The number of carbonyl (C=O) groups excluding carboxylic acids is 1. The van der Waals surface area contributed by atoms with Crippen LogP contribution in [-0.2, 0) is 6.42 Å². The van der Waals surface area contributed by atoms with Crippen molar-refractivity contribution in [2.24, 2.45) is 0 Å². The summed E-state index contributed by atoms with van der Waals surface area (Å²) in [6.07, 6.45) is 1.10. The molecule has 1 aromatic carbocycles. The van der Waals surface area contributed by atoms with Gasteiger partial charge in [0.15, 0.2) is 5.78 Å².